The molecule has 5 rings (SSSR count). The van der Waals surface area contributed by atoms with Gasteiger partial charge in [0.25, 0.3) is 0 Å². The molecule has 1 aliphatic heterocycles. The molecule has 2 aliphatic carbocycles. The molecule has 1 aromatic carbocycles. The zero-order valence-electron chi connectivity index (χ0n) is 16.4. The molecule has 0 bridgehead atoms. The molecule has 2 aromatic rings. The highest BCUT2D eigenvalue weighted by Crippen LogP contribution is 2.59. The second-order valence-electron chi connectivity index (χ2n) is 8.25. The molecule has 0 amide bonds. The first kappa shape index (κ1) is 17.9. The molecule has 1 saturated carbocycles. The summed E-state index contributed by atoms with van der Waals surface area (Å²) in [5, 5.41) is 7.80. The van der Waals surface area contributed by atoms with Crippen LogP contribution in [0.2, 0.25) is 0 Å². The SMILES string of the molecule is COC(=O)c1cccc(C23CCC4(OCCO4)[C@@H](C)[C@@H]2CCc2c[nH]nc23)c1. The van der Waals surface area contributed by atoms with Crippen molar-refractivity contribution in [2.24, 2.45) is 11.8 Å². The van der Waals surface area contributed by atoms with Crippen LogP contribution in [0, 0.1) is 11.8 Å². The molecule has 2 fully saturated rings. The standard InChI is InChI=1S/C22H26N2O4/c1-14-18-7-6-16-13-23-24-19(16)21(18,8-9-22(14)27-10-11-28-22)17-5-3-4-15(12-17)20(25)26-2/h3-5,12-14,18H,6-11H2,1-2H3,(H,23,24)/t14-,18-,21?/m0/s1. The van der Waals surface area contributed by atoms with Crippen LogP contribution in [0.4, 0.5) is 0 Å². The van der Waals surface area contributed by atoms with Crippen LogP contribution in [0.1, 0.15) is 53.4 Å². The molecule has 148 valence electrons. The number of hydrogen-bond acceptors (Lipinski definition) is 5. The number of nitrogens with one attached hydrogen (secondary N) is 1. The monoisotopic (exact) mass is 382 g/mol. The van der Waals surface area contributed by atoms with Gasteiger partial charge in [0.15, 0.2) is 5.79 Å². The first-order valence-corrected chi connectivity index (χ1v) is 10.1. The van der Waals surface area contributed by atoms with Crippen LogP contribution in [-0.4, -0.2) is 42.3 Å². The van der Waals surface area contributed by atoms with Crippen LogP contribution in [0.25, 0.3) is 0 Å². The summed E-state index contributed by atoms with van der Waals surface area (Å²) in [7, 11) is 1.42. The summed E-state index contributed by atoms with van der Waals surface area (Å²) < 4.78 is 17.3. The number of esters is 1. The fourth-order valence-corrected chi connectivity index (χ4v) is 5.93. The Hall–Kier alpha value is -2.18. The lowest BCUT2D eigenvalue weighted by Gasteiger charge is -2.55. The summed E-state index contributed by atoms with van der Waals surface area (Å²) in [5.41, 5.74) is 3.85. The summed E-state index contributed by atoms with van der Waals surface area (Å²) in [4.78, 5) is 12.2. The van der Waals surface area contributed by atoms with Gasteiger partial charge in [-0.2, -0.15) is 5.10 Å². The number of nitrogens with zero attached hydrogens (tertiary/aromatic N) is 1. The Morgan fingerprint density at radius 2 is 2.11 bits per heavy atom. The van der Waals surface area contributed by atoms with E-state index in [1.54, 1.807) is 0 Å². The molecule has 6 heteroatoms. The van der Waals surface area contributed by atoms with Crippen molar-refractivity contribution in [1.82, 2.24) is 10.2 Å². The molecule has 0 radical (unpaired) electrons. The molecule has 1 aromatic heterocycles. The van der Waals surface area contributed by atoms with Crippen LogP contribution in [-0.2, 0) is 26.0 Å². The van der Waals surface area contributed by atoms with Crippen molar-refractivity contribution in [2.75, 3.05) is 20.3 Å². The Kier molecular flexibility index (Phi) is 4.10. The number of ether oxygens (including phenoxy) is 3. The van der Waals surface area contributed by atoms with Crippen LogP contribution >= 0.6 is 0 Å². The Labute approximate surface area is 164 Å². The molecular weight excluding hydrogens is 356 g/mol. The zero-order valence-corrected chi connectivity index (χ0v) is 16.4. The van der Waals surface area contributed by atoms with E-state index in [1.165, 1.54) is 12.7 Å². The van der Waals surface area contributed by atoms with Gasteiger partial charge in [-0.25, -0.2) is 4.79 Å². The minimum atomic E-state index is -0.484. The largest absolute Gasteiger partial charge is 0.465 e. The molecule has 3 aliphatic rings. The minimum absolute atomic E-state index is 0.232. The van der Waals surface area contributed by atoms with Gasteiger partial charge >= 0.3 is 5.97 Å². The maximum absolute atomic E-state index is 12.2. The predicted octanol–water partition coefficient (Wildman–Crippen LogP) is 3.22. The third-order valence-corrected chi connectivity index (χ3v) is 7.24. The number of carbonyl (C=O) groups excluding carboxylic acids is 1. The summed E-state index contributed by atoms with van der Waals surface area (Å²) >= 11 is 0. The van der Waals surface area contributed by atoms with Gasteiger partial charge in [0.2, 0.25) is 0 Å². The highest BCUT2D eigenvalue weighted by molar-refractivity contribution is 5.89. The lowest BCUT2D eigenvalue weighted by Crippen LogP contribution is -2.56. The molecule has 2 heterocycles. The van der Waals surface area contributed by atoms with Gasteiger partial charge in [-0.1, -0.05) is 19.1 Å². The summed E-state index contributed by atoms with van der Waals surface area (Å²) in [6.45, 7) is 3.58. The van der Waals surface area contributed by atoms with Crippen molar-refractivity contribution >= 4 is 5.97 Å². The normalized spacial score (nSPS) is 30.6. The zero-order chi connectivity index (χ0) is 19.4. The van der Waals surface area contributed by atoms with E-state index in [0.717, 1.165) is 36.9 Å². The molecule has 3 atom stereocenters. The van der Waals surface area contributed by atoms with Crippen molar-refractivity contribution in [2.45, 2.75) is 43.8 Å². The molecular formula is C22H26N2O4. The molecule has 1 spiro atoms. The number of H-pyrrole nitrogens is 1. The third-order valence-electron chi connectivity index (χ3n) is 7.24. The average molecular weight is 382 g/mol. The lowest BCUT2D eigenvalue weighted by atomic mass is 9.52. The van der Waals surface area contributed by atoms with Gasteiger partial charge in [0.05, 0.1) is 31.6 Å². The van der Waals surface area contributed by atoms with Crippen LogP contribution in [0.5, 0.6) is 0 Å². The smallest absolute Gasteiger partial charge is 0.337 e. The number of aromatic nitrogens is 2. The van der Waals surface area contributed by atoms with Gasteiger partial charge in [-0.15, -0.1) is 0 Å². The number of methoxy groups -OCH3 is 1. The van der Waals surface area contributed by atoms with Gasteiger partial charge in [0, 0.05) is 24.0 Å². The Morgan fingerprint density at radius 1 is 1.29 bits per heavy atom. The van der Waals surface area contributed by atoms with E-state index in [4.69, 9.17) is 19.3 Å². The maximum Gasteiger partial charge on any atom is 0.337 e. The molecule has 28 heavy (non-hydrogen) atoms. The van der Waals surface area contributed by atoms with E-state index in [-0.39, 0.29) is 17.3 Å². The fourth-order valence-electron chi connectivity index (χ4n) is 5.93. The summed E-state index contributed by atoms with van der Waals surface area (Å²) in [6.07, 6.45) is 5.76. The van der Waals surface area contributed by atoms with Gasteiger partial charge in [0.1, 0.15) is 0 Å². The number of benzene rings is 1. The third kappa shape index (κ3) is 2.34. The van der Waals surface area contributed by atoms with E-state index in [1.807, 2.05) is 24.4 Å². The second-order valence-corrected chi connectivity index (χ2v) is 8.25. The second kappa shape index (κ2) is 6.42. The predicted molar refractivity (Wildman–Crippen MR) is 102 cm³/mol. The lowest BCUT2D eigenvalue weighted by molar-refractivity contribution is -0.232. The van der Waals surface area contributed by atoms with Crippen LogP contribution < -0.4 is 0 Å². The Balaban J connectivity index is 1.67. The van der Waals surface area contributed by atoms with Crippen molar-refractivity contribution in [3.05, 3.63) is 52.8 Å². The van der Waals surface area contributed by atoms with Gasteiger partial charge in [-0.3, -0.25) is 5.10 Å². The van der Waals surface area contributed by atoms with Gasteiger partial charge < -0.3 is 14.2 Å². The van der Waals surface area contributed by atoms with Crippen molar-refractivity contribution in [1.29, 1.82) is 0 Å². The molecule has 1 N–H and O–H groups in total. The van der Waals surface area contributed by atoms with E-state index in [0.29, 0.717) is 24.7 Å². The first-order chi connectivity index (χ1) is 13.6. The van der Waals surface area contributed by atoms with Crippen LogP contribution in [0.15, 0.2) is 30.5 Å². The number of hydrogen-bond donors (Lipinski definition) is 1. The quantitative estimate of drug-likeness (QED) is 0.808. The molecule has 1 unspecified atom stereocenters. The number of rotatable bonds is 2. The number of aryl methyl sites for hydroxylation is 1. The van der Waals surface area contributed by atoms with E-state index < -0.39 is 5.79 Å². The molecule has 1 saturated heterocycles. The highest BCUT2D eigenvalue weighted by Gasteiger charge is 2.60. The first-order valence-electron chi connectivity index (χ1n) is 10.1. The average Bonchev–Trinajstić information content (AvgIpc) is 3.41. The minimum Gasteiger partial charge on any atom is -0.465 e. The maximum atomic E-state index is 12.2. The summed E-state index contributed by atoms with van der Waals surface area (Å²) in [5.74, 6) is -0.240. The highest BCUT2D eigenvalue weighted by atomic mass is 16.7. The number of carbonyl (C=O) groups is 1. The van der Waals surface area contributed by atoms with E-state index in [2.05, 4.69) is 18.1 Å². The molecule has 6 nitrogen and oxygen atoms in total. The Morgan fingerprint density at radius 3 is 2.89 bits per heavy atom. The van der Waals surface area contributed by atoms with Crippen molar-refractivity contribution < 1.29 is 19.0 Å². The topological polar surface area (TPSA) is 73.4 Å². The van der Waals surface area contributed by atoms with Crippen LogP contribution in [0.3, 0.4) is 0 Å². The number of aromatic amines is 1. The fraction of sp³-hybridized carbons (Fsp3) is 0.545. The Bertz CT molecular complexity index is 901. The van der Waals surface area contributed by atoms with Crippen molar-refractivity contribution in [3.8, 4) is 0 Å². The van der Waals surface area contributed by atoms with Gasteiger partial charge in [-0.05, 0) is 48.4 Å². The number of fused-ring (bicyclic) bond motifs is 3. The summed E-state index contributed by atoms with van der Waals surface area (Å²) in [6, 6.07) is 7.88. The van der Waals surface area contributed by atoms with E-state index >= 15 is 0 Å². The van der Waals surface area contributed by atoms with Crippen molar-refractivity contribution in [3.63, 3.8) is 0 Å². The van der Waals surface area contributed by atoms with E-state index in [9.17, 15) is 4.79 Å².